The molecule has 0 radical (unpaired) electrons. The number of nitrogens with zero attached hydrogens (tertiary/aromatic N) is 4. The van der Waals surface area contributed by atoms with Gasteiger partial charge in [-0.05, 0) is 43.5 Å². The van der Waals surface area contributed by atoms with E-state index in [9.17, 15) is 41.8 Å². The molecular weight excluding hydrogens is 494 g/mol. The SMILES string of the molecule is N#CC1CC(N2CC(O)(C(F)(F)F)C2)CCC1n1cc(C(N)O)c(Nc2ccc(C(F)(F)F)cc2)n1. The van der Waals surface area contributed by atoms with Crippen LogP contribution in [0.5, 0.6) is 0 Å². The summed E-state index contributed by atoms with van der Waals surface area (Å²) < 4.78 is 78.8. The molecule has 196 valence electrons. The zero-order valence-electron chi connectivity index (χ0n) is 18.8. The van der Waals surface area contributed by atoms with Gasteiger partial charge in [0, 0.05) is 31.0 Å². The first kappa shape index (κ1) is 26.2. The first-order chi connectivity index (χ1) is 16.7. The van der Waals surface area contributed by atoms with Crippen LogP contribution < -0.4 is 11.1 Å². The maximum absolute atomic E-state index is 13.0. The van der Waals surface area contributed by atoms with E-state index in [1.807, 2.05) is 0 Å². The Hall–Kier alpha value is -2.86. The normalized spacial score (nSPS) is 25.6. The van der Waals surface area contributed by atoms with Crippen LogP contribution in [0.15, 0.2) is 30.5 Å². The van der Waals surface area contributed by atoms with E-state index < -0.39 is 54.8 Å². The summed E-state index contributed by atoms with van der Waals surface area (Å²) in [7, 11) is 0. The number of likely N-dealkylation sites (tertiary alicyclic amines) is 1. The van der Waals surface area contributed by atoms with Crippen LogP contribution in [0.2, 0.25) is 0 Å². The fourth-order valence-electron chi connectivity index (χ4n) is 4.75. The lowest BCUT2D eigenvalue weighted by Crippen LogP contribution is -2.71. The third-order valence-electron chi connectivity index (χ3n) is 6.82. The maximum Gasteiger partial charge on any atom is 0.419 e. The highest BCUT2D eigenvalue weighted by molar-refractivity contribution is 5.60. The van der Waals surface area contributed by atoms with Crippen LogP contribution in [-0.4, -0.2) is 55.8 Å². The predicted molar refractivity (Wildman–Crippen MR) is 114 cm³/mol. The summed E-state index contributed by atoms with van der Waals surface area (Å²) in [5, 5.41) is 36.6. The zero-order valence-corrected chi connectivity index (χ0v) is 18.8. The lowest BCUT2D eigenvalue weighted by molar-refractivity contribution is -0.307. The summed E-state index contributed by atoms with van der Waals surface area (Å²) in [6.07, 6.45) is -8.13. The molecule has 5 N–H and O–H groups in total. The molecule has 2 fully saturated rings. The van der Waals surface area contributed by atoms with Gasteiger partial charge in [-0.1, -0.05) is 0 Å². The molecule has 1 saturated carbocycles. The fourth-order valence-corrected chi connectivity index (χ4v) is 4.75. The monoisotopic (exact) mass is 518 g/mol. The van der Waals surface area contributed by atoms with Gasteiger partial charge in [-0.15, -0.1) is 0 Å². The number of aromatic nitrogens is 2. The molecule has 4 atom stereocenters. The number of anilines is 2. The van der Waals surface area contributed by atoms with Gasteiger partial charge < -0.3 is 21.3 Å². The topological polar surface area (TPSA) is 123 Å². The molecule has 0 bridgehead atoms. The molecule has 1 saturated heterocycles. The molecule has 4 rings (SSSR count). The van der Waals surface area contributed by atoms with Crippen LogP contribution in [-0.2, 0) is 6.18 Å². The minimum Gasteiger partial charge on any atom is -0.378 e. The second-order valence-corrected chi connectivity index (χ2v) is 9.26. The zero-order chi connectivity index (χ0) is 26.5. The molecule has 2 aromatic rings. The van der Waals surface area contributed by atoms with E-state index in [1.54, 1.807) is 0 Å². The van der Waals surface area contributed by atoms with Gasteiger partial charge in [-0.3, -0.25) is 9.58 Å². The molecule has 1 aromatic carbocycles. The predicted octanol–water partition coefficient (Wildman–Crippen LogP) is 3.44. The Labute approximate surface area is 201 Å². The van der Waals surface area contributed by atoms with Crippen LogP contribution in [0.1, 0.15) is 42.7 Å². The highest BCUT2D eigenvalue weighted by atomic mass is 19.4. The van der Waals surface area contributed by atoms with Crippen LogP contribution in [0.4, 0.5) is 37.8 Å². The number of aliphatic hydroxyl groups excluding tert-OH is 1. The molecule has 36 heavy (non-hydrogen) atoms. The Morgan fingerprint density at radius 2 is 1.78 bits per heavy atom. The van der Waals surface area contributed by atoms with E-state index in [4.69, 9.17) is 5.73 Å². The average molecular weight is 518 g/mol. The van der Waals surface area contributed by atoms with Crippen LogP contribution in [0.3, 0.4) is 0 Å². The van der Waals surface area contributed by atoms with Crippen molar-refractivity contribution in [3.63, 3.8) is 0 Å². The van der Waals surface area contributed by atoms with Crippen LogP contribution in [0.25, 0.3) is 0 Å². The van der Waals surface area contributed by atoms with Crippen molar-refractivity contribution in [1.29, 1.82) is 5.26 Å². The summed E-state index contributed by atoms with van der Waals surface area (Å²) >= 11 is 0. The first-order valence-corrected chi connectivity index (χ1v) is 11.1. The number of rotatable bonds is 5. The summed E-state index contributed by atoms with van der Waals surface area (Å²) in [6.45, 7) is -1.09. The summed E-state index contributed by atoms with van der Waals surface area (Å²) in [4.78, 5) is 1.52. The van der Waals surface area contributed by atoms with E-state index in [2.05, 4.69) is 16.5 Å². The van der Waals surface area contributed by atoms with Gasteiger partial charge >= 0.3 is 12.4 Å². The van der Waals surface area contributed by atoms with Gasteiger partial charge in [0.05, 0.1) is 29.2 Å². The highest BCUT2D eigenvalue weighted by Crippen LogP contribution is 2.43. The largest absolute Gasteiger partial charge is 0.419 e. The lowest BCUT2D eigenvalue weighted by atomic mass is 9.79. The van der Waals surface area contributed by atoms with Crippen molar-refractivity contribution in [2.45, 2.75) is 55.5 Å². The standard InChI is InChI=1S/C22H24F6N6O2/c23-21(24,25)13-1-3-14(4-2-13)31-19-16(18(30)35)9-34(32-19)17-6-5-15(7-12(17)8-29)33-10-20(36,11-33)22(26,27)28/h1-4,9,12,15,17-18,35-36H,5-7,10-11,30H2,(H,31,32). The quantitative estimate of drug-likeness (QED) is 0.353. The second kappa shape index (κ2) is 9.22. The lowest BCUT2D eigenvalue weighted by Gasteiger charge is -2.52. The smallest absolute Gasteiger partial charge is 0.378 e. The van der Waals surface area contributed by atoms with Crippen molar-refractivity contribution in [3.05, 3.63) is 41.6 Å². The average Bonchev–Trinajstić information content (AvgIpc) is 3.19. The van der Waals surface area contributed by atoms with E-state index in [-0.39, 0.29) is 29.5 Å². The van der Waals surface area contributed by atoms with Gasteiger partial charge in [0.1, 0.15) is 6.23 Å². The third kappa shape index (κ3) is 5.01. The fraction of sp³-hybridized carbons (Fsp3) is 0.545. The Kier molecular flexibility index (Phi) is 6.71. The molecule has 4 unspecified atom stereocenters. The van der Waals surface area contributed by atoms with E-state index in [0.29, 0.717) is 12.8 Å². The van der Waals surface area contributed by atoms with Crippen molar-refractivity contribution in [2.75, 3.05) is 18.4 Å². The molecule has 14 heteroatoms. The molecule has 8 nitrogen and oxygen atoms in total. The number of benzene rings is 1. The second-order valence-electron chi connectivity index (χ2n) is 9.26. The van der Waals surface area contributed by atoms with Gasteiger partial charge in [0.25, 0.3) is 0 Å². The molecule has 0 amide bonds. The Morgan fingerprint density at radius 1 is 1.14 bits per heavy atom. The van der Waals surface area contributed by atoms with Crippen LogP contribution >= 0.6 is 0 Å². The molecular formula is C22H24F6N6O2. The van der Waals surface area contributed by atoms with Crippen molar-refractivity contribution in [1.82, 2.24) is 14.7 Å². The molecule has 1 aromatic heterocycles. The van der Waals surface area contributed by atoms with E-state index >= 15 is 0 Å². The number of halogens is 6. The van der Waals surface area contributed by atoms with Gasteiger partial charge in [0.2, 0.25) is 0 Å². The molecule has 0 spiro atoms. The number of hydrogen-bond acceptors (Lipinski definition) is 7. The first-order valence-electron chi connectivity index (χ1n) is 11.1. The Morgan fingerprint density at radius 3 is 2.31 bits per heavy atom. The van der Waals surface area contributed by atoms with Crippen molar-refractivity contribution in [3.8, 4) is 6.07 Å². The highest BCUT2D eigenvalue weighted by Gasteiger charge is 2.62. The molecule has 2 heterocycles. The minimum atomic E-state index is -4.72. The third-order valence-corrected chi connectivity index (χ3v) is 6.82. The summed E-state index contributed by atoms with van der Waals surface area (Å²) in [6, 6.07) is 5.58. The van der Waals surface area contributed by atoms with E-state index in [0.717, 1.165) is 12.1 Å². The van der Waals surface area contributed by atoms with Crippen LogP contribution in [0, 0.1) is 17.2 Å². The number of hydrogen-bond donors (Lipinski definition) is 4. The van der Waals surface area contributed by atoms with Gasteiger partial charge in [-0.2, -0.15) is 36.7 Å². The summed E-state index contributed by atoms with van der Waals surface area (Å²) in [5.41, 5.74) is 2.49. The number of nitrogens with two attached hydrogens (primary N) is 1. The number of alkyl halides is 6. The van der Waals surface area contributed by atoms with Crippen molar-refractivity contribution >= 4 is 11.5 Å². The Balaban J connectivity index is 1.48. The molecule has 1 aliphatic heterocycles. The molecule has 2 aliphatic rings. The summed E-state index contributed by atoms with van der Waals surface area (Å²) in [5.74, 6) is -0.522. The van der Waals surface area contributed by atoms with Gasteiger partial charge in [0.15, 0.2) is 11.4 Å². The van der Waals surface area contributed by atoms with Crippen molar-refractivity contribution < 1.29 is 36.6 Å². The number of aliphatic hydroxyl groups is 2. The number of nitrogens with one attached hydrogen (secondary N) is 1. The minimum absolute atomic E-state index is 0.0987. The number of β-amino-alcohol motifs (C(OH)–C–C–N with tert-alkyl or cyclic N) is 1. The van der Waals surface area contributed by atoms with Crippen molar-refractivity contribution in [2.24, 2.45) is 11.7 Å². The number of nitriles is 1. The Bertz CT molecular complexity index is 1120. The van der Waals surface area contributed by atoms with E-state index in [1.165, 1.54) is 27.9 Å². The maximum atomic E-state index is 13.0. The van der Waals surface area contributed by atoms with Gasteiger partial charge in [-0.25, -0.2) is 0 Å². The molecule has 1 aliphatic carbocycles.